The van der Waals surface area contributed by atoms with Gasteiger partial charge in [0.05, 0.1) is 31.5 Å². The Labute approximate surface area is 146 Å². The number of H-pyrrole nitrogens is 1. The highest BCUT2D eigenvalue weighted by atomic mass is 16.5. The molecule has 5 heteroatoms. The van der Waals surface area contributed by atoms with Crippen molar-refractivity contribution in [2.45, 2.75) is 13.5 Å². The second-order valence-electron chi connectivity index (χ2n) is 5.48. The van der Waals surface area contributed by atoms with Crippen LogP contribution in [0.25, 0.3) is 17.0 Å². The van der Waals surface area contributed by atoms with E-state index in [4.69, 9.17) is 9.47 Å². The number of pyridine rings is 1. The number of hydrogen-bond donors (Lipinski definition) is 1. The van der Waals surface area contributed by atoms with Crippen LogP contribution in [-0.2, 0) is 16.1 Å². The molecule has 0 atom stereocenters. The average Bonchev–Trinajstić information content (AvgIpc) is 3.05. The molecule has 0 aliphatic carbocycles. The molecule has 3 rings (SSSR count). The predicted octanol–water partition coefficient (Wildman–Crippen LogP) is 3.97. The number of carbonyl (C=O) groups excluding carboxylic acids is 1. The molecule has 0 fully saturated rings. The summed E-state index contributed by atoms with van der Waals surface area (Å²) >= 11 is 0. The molecule has 0 saturated heterocycles. The first-order valence-corrected chi connectivity index (χ1v) is 8.20. The first kappa shape index (κ1) is 16.9. The van der Waals surface area contributed by atoms with E-state index in [1.54, 1.807) is 19.2 Å². The highest BCUT2D eigenvalue weighted by Gasteiger charge is 2.11. The van der Waals surface area contributed by atoms with Gasteiger partial charge in [0.2, 0.25) is 0 Å². The number of benzene rings is 1. The van der Waals surface area contributed by atoms with E-state index in [2.05, 4.69) is 9.97 Å². The second kappa shape index (κ2) is 8.26. The third-order valence-electron chi connectivity index (χ3n) is 3.72. The first-order chi connectivity index (χ1) is 12.3. The Hall–Kier alpha value is -2.92. The van der Waals surface area contributed by atoms with Gasteiger partial charge in [-0.2, -0.15) is 0 Å². The molecule has 0 spiro atoms. The van der Waals surface area contributed by atoms with E-state index in [1.165, 1.54) is 0 Å². The number of nitrogens with one attached hydrogen (secondary N) is 1. The Bertz CT molecular complexity index is 869. The minimum absolute atomic E-state index is 0.305. The summed E-state index contributed by atoms with van der Waals surface area (Å²) in [5.41, 5.74) is 3.30. The van der Waals surface area contributed by atoms with Gasteiger partial charge in [0.15, 0.2) is 0 Å². The van der Waals surface area contributed by atoms with Crippen LogP contribution >= 0.6 is 0 Å². The number of fused-ring (bicyclic) bond motifs is 1. The van der Waals surface area contributed by atoms with Gasteiger partial charge in [0, 0.05) is 17.1 Å². The lowest BCUT2D eigenvalue weighted by atomic mass is 10.2. The molecule has 0 bridgehead atoms. The minimum atomic E-state index is -0.414. The largest absolute Gasteiger partial charge is 0.461 e. The highest BCUT2D eigenvalue weighted by molar-refractivity contribution is 5.93. The molecule has 0 aliphatic heterocycles. The van der Waals surface area contributed by atoms with Crippen LogP contribution < -0.4 is 0 Å². The summed E-state index contributed by atoms with van der Waals surface area (Å²) in [7, 11) is 0. The van der Waals surface area contributed by atoms with Crippen LogP contribution in [0.4, 0.5) is 0 Å². The van der Waals surface area contributed by atoms with Crippen molar-refractivity contribution in [1.82, 2.24) is 9.97 Å². The molecule has 0 unspecified atom stereocenters. The fraction of sp³-hybridized carbons (Fsp3) is 0.200. The quantitative estimate of drug-likeness (QED) is 0.524. The van der Waals surface area contributed by atoms with Crippen molar-refractivity contribution in [3.63, 3.8) is 0 Å². The van der Waals surface area contributed by atoms with Crippen LogP contribution in [0.3, 0.4) is 0 Å². The predicted molar refractivity (Wildman–Crippen MR) is 97.2 cm³/mol. The van der Waals surface area contributed by atoms with Gasteiger partial charge >= 0.3 is 5.97 Å². The van der Waals surface area contributed by atoms with E-state index in [9.17, 15) is 4.79 Å². The van der Waals surface area contributed by atoms with Gasteiger partial charge in [0.25, 0.3) is 0 Å². The van der Waals surface area contributed by atoms with Crippen molar-refractivity contribution >= 4 is 22.9 Å². The summed E-state index contributed by atoms with van der Waals surface area (Å²) in [6.45, 7) is 3.06. The van der Waals surface area contributed by atoms with Crippen molar-refractivity contribution in [3.05, 3.63) is 71.7 Å². The molecule has 2 aromatic heterocycles. The zero-order chi connectivity index (χ0) is 17.5. The van der Waals surface area contributed by atoms with Crippen molar-refractivity contribution in [2.75, 3.05) is 13.2 Å². The molecule has 1 N–H and O–H groups in total. The van der Waals surface area contributed by atoms with Gasteiger partial charge in [-0.15, -0.1) is 0 Å². The smallest absolute Gasteiger partial charge is 0.356 e. The zero-order valence-corrected chi connectivity index (χ0v) is 14.1. The molecule has 0 amide bonds. The topological polar surface area (TPSA) is 64.2 Å². The van der Waals surface area contributed by atoms with E-state index in [1.807, 2.05) is 48.7 Å². The maximum atomic E-state index is 11.8. The second-order valence-corrected chi connectivity index (χ2v) is 5.48. The Balaban J connectivity index is 1.62. The van der Waals surface area contributed by atoms with Crippen molar-refractivity contribution in [3.8, 4) is 0 Å². The monoisotopic (exact) mass is 336 g/mol. The van der Waals surface area contributed by atoms with E-state index < -0.39 is 5.97 Å². The molecule has 5 nitrogen and oxygen atoms in total. The van der Waals surface area contributed by atoms with Gasteiger partial charge in [0.1, 0.15) is 5.69 Å². The fourth-order valence-electron chi connectivity index (χ4n) is 2.50. The number of ether oxygens (including phenoxy) is 2. The number of rotatable bonds is 7. The normalized spacial score (nSPS) is 11.2. The molecular formula is C20H20N2O3. The summed E-state index contributed by atoms with van der Waals surface area (Å²) in [6.07, 6.45) is 7.52. The number of aromatic nitrogens is 2. The maximum Gasteiger partial charge on any atom is 0.356 e. The van der Waals surface area contributed by atoms with Crippen LogP contribution in [0.2, 0.25) is 0 Å². The molecule has 2 heterocycles. The van der Waals surface area contributed by atoms with Gasteiger partial charge < -0.3 is 14.5 Å². The maximum absolute atomic E-state index is 11.8. The number of hydrogen-bond acceptors (Lipinski definition) is 4. The van der Waals surface area contributed by atoms with E-state index in [-0.39, 0.29) is 0 Å². The molecule has 1 aromatic carbocycles. The molecule has 3 aromatic rings. The standard InChI is InChI=1S/C20H20N2O3/c1-2-25-20(23)18-11-17-16(12-21-19(17)13-22-18)14-24-10-6-9-15-7-4-3-5-8-15/h3-9,11-13,21H,2,10,14H2,1H3. The molecule has 128 valence electrons. The van der Waals surface area contributed by atoms with E-state index >= 15 is 0 Å². The summed E-state index contributed by atoms with van der Waals surface area (Å²) in [4.78, 5) is 19.1. The number of aromatic amines is 1. The lowest BCUT2D eigenvalue weighted by molar-refractivity contribution is 0.0519. The van der Waals surface area contributed by atoms with Crippen molar-refractivity contribution in [1.29, 1.82) is 0 Å². The first-order valence-electron chi connectivity index (χ1n) is 8.20. The molecule has 0 saturated carbocycles. The molecular weight excluding hydrogens is 316 g/mol. The molecule has 0 aliphatic rings. The highest BCUT2D eigenvalue weighted by Crippen LogP contribution is 2.19. The van der Waals surface area contributed by atoms with Gasteiger partial charge in [-0.3, -0.25) is 0 Å². The van der Waals surface area contributed by atoms with Crippen molar-refractivity contribution < 1.29 is 14.3 Å². The molecule has 25 heavy (non-hydrogen) atoms. The lowest BCUT2D eigenvalue weighted by Gasteiger charge is -2.03. The van der Waals surface area contributed by atoms with E-state index in [0.29, 0.717) is 25.5 Å². The zero-order valence-electron chi connectivity index (χ0n) is 14.1. The average molecular weight is 336 g/mol. The Morgan fingerprint density at radius 2 is 2.12 bits per heavy atom. The Kier molecular flexibility index (Phi) is 5.59. The summed E-state index contributed by atoms with van der Waals surface area (Å²) in [5, 5.41) is 0.921. The van der Waals surface area contributed by atoms with Gasteiger partial charge in [-0.25, -0.2) is 9.78 Å². The van der Waals surface area contributed by atoms with Crippen LogP contribution in [0.1, 0.15) is 28.5 Å². The van der Waals surface area contributed by atoms with Crippen LogP contribution in [-0.4, -0.2) is 29.2 Å². The van der Waals surface area contributed by atoms with Crippen LogP contribution in [0, 0.1) is 0 Å². The fourth-order valence-corrected chi connectivity index (χ4v) is 2.50. The van der Waals surface area contributed by atoms with Gasteiger partial charge in [-0.1, -0.05) is 42.5 Å². The Morgan fingerprint density at radius 3 is 2.92 bits per heavy atom. The summed E-state index contributed by atoms with van der Waals surface area (Å²) < 4.78 is 10.7. The minimum Gasteiger partial charge on any atom is -0.461 e. The molecule has 0 radical (unpaired) electrons. The Morgan fingerprint density at radius 1 is 1.28 bits per heavy atom. The summed E-state index contributed by atoms with van der Waals surface area (Å²) in [6, 6.07) is 11.8. The third kappa shape index (κ3) is 4.33. The van der Waals surface area contributed by atoms with Crippen LogP contribution in [0.15, 0.2) is 54.9 Å². The summed E-state index contributed by atoms with van der Waals surface area (Å²) in [5.74, 6) is -0.414. The van der Waals surface area contributed by atoms with Crippen molar-refractivity contribution in [2.24, 2.45) is 0 Å². The lowest BCUT2D eigenvalue weighted by Crippen LogP contribution is -2.06. The van der Waals surface area contributed by atoms with E-state index in [0.717, 1.165) is 22.0 Å². The number of nitrogens with zero attached hydrogens (tertiary/aromatic N) is 1. The number of esters is 1. The number of carbonyl (C=O) groups is 1. The third-order valence-corrected chi connectivity index (χ3v) is 3.72. The van der Waals surface area contributed by atoms with Gasteiger partial charge in [-0.05, 0) is 18.6 Å². The SMILES string of the molecule is CCOC(=O)c1cc2c(COCC=Cc3ccccc3)c[nH]c2cn1. The van der Waals surface area contributed by atoms with Crippen LogP contribution in [0.5, 0.6) is 0 Å².